The fourth-order valence-corrected chi connectivity index (χ4v) is 2.46. The summed E-state index contributed by atoms with van der Waals surface area (Å²) in [4.78, 5) is 47.7. The number of hydrogen-bond acceptors (Lipinski definition) is 4. The van der Waals surface area contributed by atoms with Crippen molar-refractivity contribution in [2.75, 3.05) is 6.54 Å². The molecule has 0 radical (unpaired) electrons. The van der Waals surface area contributed by atoms with Crippen molar-refractivity contribution >= 4 is 23.8 Å². The molecule has 0 atom stereocenters. The van der Waals surface area contributed by atoms with E-state index in [4.69, 9.17) is 0 Å². The summed E-state index contributed by atoms with van der Waals surface area (Å²) in [5.41, 5.74) is 1.51. The fraction of sp³-hybridized carbons (Fsp3) is 0.286. The number of hydrogen-bond donors (Lipinski definition) is 1. The highest BCUT2D eigenvalue weighted by molar-refractivity contribution is 6.22. The largest absolute Gasteiger partial charge is 0.343 e. The third-order valence-electron chi connectivity index (χ3n) is 3.61. The van der Waals surface area contributed by atoms with Crippen molar-refractivity contribution in [2.24, 2.45) is 0 Å². The first-order valence-corrected chi connectivity index (χ1v) is 6.66. The van der Waals surface area contributed by atoms with Gasteiger partial charge >= 0.3 is 6.03 Å². The maximum atomic E-state index is 12.4. The van der Waals surface area contributed by atoms with Crippen LogP contribution in [0.15, 0.2) is 18.2 Å². The van der Waals surface area contributed by atoms with Crippen LogP contribution in [0.5, 0.6) is 0 Å². The molecule has 108 valence electrons. The van der Waals surface area contributed by atoms with Crippen LogP contribution in [-0.4, -0.2) is 40.3 Å². The van der Waals surface area contributed by atoms with Crippen LogP contribution in [0.2, 0.25) is 0 Å². The van der Waals surface area contributed by atoms with Crippen LogP contribution in [0.3, 0.4) is 0 Å². The van der Waals surface area contributed by atoms with Gasteiger partial charge in [-0.05, 0) is 24.1 Å². The van der Waals surface area contributed by atoms with Gasteiger partial charge in [0.05, 0.1) is 17.7 Å². The third-order valence-corrected chi connectivity index (χ3v) is 3.61. The maximum Gasteiger partial charge on any atom is 0.343 e. The molecule has 1 aromatic rings. The molecule has 2 heterocycles. The Kier molecular flexibility index (Phi) is 2.97. The van der Waals surface area contributed by atoms with Gasteiger partial charge in [-0.25, -0.2) is 9.80 Å². The Hall–Kier alpha value is -2.70. The van der Waals surface area contributed by atoms with Crippen LogP contribution >= 0.6 is 0 Å². The van der Waals surface area contributed by atoms with Gasteiger partial charge in [0.15, 0.2) is 0 Å². The molecule has 1 saturated heterocycles. The van der Waals surface area contributed by atoms with E-state index in [0.29, 0.717) is 5.56 Å². The van der Waals surface area contributed by atoms with E-state index in [-0.39, 0.29) is 18.5 Å². The van der Waals surface area contributed by atoms with Crippen molar-refractivity contribution in [1.82, 2.24) is 15.3 Å². The molecule has 7 nitrogen and oxygen atoms in total. The zero-order valence-corrected chi connectivity index (χ0v) is 11.4. The first-order valence-electron chi connectivity index (χ1n) is 6.66. The number of nitrogens with zero attached hydrogens (tertiary/aromatic N) is 2. The Morgan fingerprint density at radius 3 is 2.48 bits per heavy atom. The SMILES string of the molecule is CCc1ccc2c(c1)C(=O)N(N1CCC(=O)NC1=O)C2=O. The standard InChI is InChI=1S/C14H13N3O4/c1-2-8-3-4-9-10(7-8)13(20)17(12(9)19)16-6-5-11(18)15-14(16)21/h3-4,7H,2,5-6H2,1H3,(H,15,18,21). The minimum atomic E-state index is -0.753. The molecule has 2 aliphatic rings. The van der Waals surface area contributed by atoms with Gasteiger partial charge in [0.2, 0.25) is 5.91 Å². The lowest BCUT2D eigenvalue weighted by molar-refractivity contribution is -0.122. The summed E-state index contributed by atoms with van der Waals surface area (Å²) in [7, 11) is 0. The number of carbonyl (C=O) groups excluding carboxylic acids is 4. The van der Waals surface area contributed by atoms with Gasteiger partial charge in [0.1, 0.15) is 0 Å². The third kappa shape index (κ3) is 1.97. The van der Waals surface area contributed by atoms with Crippen LogP contribution < -0.4 is 5.32 Å². The van der Waals surface area contributed by atoms with Gasteiger partial charge in [-0.2, -0.15) is 5.01 Å². The minimum absolute atomic E-state index is 0.0107. The van der Waals surface area contributed by atoms with Crippen LogP contribution in [0.1, 0.15) is 39.6 Å². The molecule has 0 unspecified atom stereocenters. The molecular weight excluding hydrogens is 274 g/mol. The molecule has 0 saturated carbocycles. The van der Waals surface area contributed by atoms with Crippen LogP contribution in [0.4, 0.5) is 4.79 Å². The number of carbonyl (C=O) groups is 4. The lowest BCUT2D eigenvalue weighted by Gasteiger charge is -2.32. The zero-order chi connectivity index (χ0) is 15.1. The van der Waals surface area contributed by atoms with E-state index in [0.717, 1.165) is 22.0 Å². The summed E-state index contributed by atoms with van der Waals surface area (Å²) >= 11 is 0. The summed E-state index contributed by atoms with van der Waals surface area (Å²) in [6.45, 7) is 1.96. The Morgan fingerprint density at radius 2 is 1.81 bits per heavy atom. The summed E-state index contributed by atoms with van der Waals surface area (Å²) < 4.78 is 0. The number of hydrazine groups is 1. The minimum Gasteiger partial charge on any atom is -0.276 e. The Labute approximate surface area is 120 Å². The van der Waals surface area contributed by atoms with E-state index < -0.39 is 23.8 Å². The number of nitrogens with one attached hydrogen (secondary N) is 1. The van der Waals surface area contributed by atoms with E-state index in [1.807, 2.05) is 6.92 Å². The summed E-state index contributed by atoms with van der Waals surface area (Å²) in [6, 6.07) is 4.30. The smallest absolute Gasteiger partial charge is 0.276 e. The molecule has 1 fully saturated rings. The number of benzene rings is 1. The van der Waals surface area contributed by atoms with E-state index in [9.17, 15) is 19.2 Å². The van der Waals surface area contributed by atoms with Crippen LogP contribution in [0.25, 0.3) is 0 Å². The number of urea groups is 1. The van der Waals surface area contributed by atoms with Crippen molar-refractivity contribution in [3.63, 3.8) is 0 Å². The van der Waals surface area contributed by atoms with E-state index in [2.05, 4.69) is 5.32 Å². The molecule has 5 amide bonds. The molecule has 0 aromatic heterocycles. The summed E-state index contributed by atoms with van der Waals surface area (Å²) in [6.07, 6.45) is 0.798. The lowest BCUT2D eigenvalue weighted by Crippen LogP contribution is -2.58. The molecule has 21 heavy (non-hydrogen) atoms. The second-order valence-corrected chi connectivity index (χ2v) is 4.88. The van der Waals surface area contributed by atoms with Gasteiger partial charge in [-0.1, -0.05) is 13.0 Å². The van der Waals surface area contributed by atoms with E-state index >= 15 is 0 Å². The molecule has 2 aliphatic heterocycles. The first kappa shape index (κ1) is 13.3. The van der Waals surface area contributed by atoms with Crippen molar-refractivity contribution in [3.8, 4) is 0 Å². The van der Waals surface area contributed by atoms with E-state index in [1.54, 1.807) is 18.2 Å². The van der Waals surface area contributed by atoms with E-state index in [1.165, 1.54) is 0 Å². The van der Waals surface area contributed by atoms with Crippen molar-refractivity contribution in [1.29, 1.82) is 0 Å². The van der Waals surface area contributed by atoms with Gasteiger partial charge in [0, 0.05) is 6.42 Å². The molecule has 3 rings (SSSR count). The molecule has 0 spiro atoms. The molecule has 0 bridgehead atoms. The highest BCUT2D eigenvalue weighted by atomic mass is 16.2. The Morgan fingerprint density at radius 1 is 1.10 bits per heavy atom. The van der Waals surface area contributed by atoms with Gasteiger partial charge in [0.25, 0.3) is 11.8 Å². The summed E-state index contributed by atoms with van der Waals surface area (Å²) in [5.74, 6) is -1.49. The molecule has 1 N–H and O–H groups in total. The topological polar surface area (TPSA) is 86.8 Å². The Bertz CT molecular complexity index is 683. The monoisotopic (exact) mass is 287 g/mol. The average Bonchev–Trinajstić information content (AvgIpc) is 2.71. The van der Waals surface area contributed by atoms with Gasteiger partial charge in [-0.15, -0.1) is 0 Å². The first-order chi connectivity index (χ1) is 10.0. The molecule has 7 heteroatoms. The predicted octanol–water partition coefficient (Wildman–Crippen LogP) is 0.702. The van der Waals surface area contributed by atoms with Crippen molar-refractivity contribution < 1.29 is 19.2 Å². The number of aryl methyl sites for hydroxylation is 1. The number of amides is 5. The number of imide groups is 2. The van der Waals surface area contributed by atoms with Crippen molar-refractivity contribution in [3.05, 3.63) is 34.9 Å². The van der Waals surface area contributed by atoms with Crippen molar-refractivity contribution in [2.45, 2.75) is 19.8 Å². The quantitative estimate of drug-likeness (QED) is 0.811. The average molecular weight is 287 g/mol. The van der Waals surface area contributed by atoms with Crippen LogP contribution in [0, 0.1) is 0 Å². The Balaban J connectivity index is 1.96. The predicted molar refractivity (Wildman–Crippen MR) is 71.2 cm³/mol. The fourth-order valence-electron chi connectivity index (χ4n) is 2.46. The normalized spacial score (nSPS) is 18.1. The highest BCUT2D eigenvalue weighted by Gasteiger charge is 2.43. The zero-order valence-electron chi connectivity index (χ0n) is 11.4. The second kappa shape index (κ2) is 4.69. The van der Waals surface area contributed by atoms with Crippen LogP contribution in [-0.2, 0) is 11.2 Å². The molecule has 0 aliphatic carbocycles. The number of rotatable bonds is 2. The maximum absolute atomic E-state index is 12.4. The summed E-state index contributed by atoms with van der Waals surface area (Å²) in [5, 5.41) is 3.89. The lowest BCUT2D eigenvalue weighted by atomic mass is 10.0. The number of fused-ring (bicyclic) bond motifs is 1. The second-order valence-electron chi connectivity index (χ2n) is 4.88. The van der Waals surface area contributed by atoms with Gasteiger partial charge in [-0.3, -0.25) is 19.7 Å². The highest BCUT2D eigenvalue weighted by Crippen LogP contribution is 2.26. The molecular formula is C14H13N3O4. The van der Waals surface area contributed by atoms with Gasteiger partial charge < -0.3 is 0 Å². The molecule has 1 aromatic carbocycles.